The van der Waals surface area contributed by atoms with Crippen molar-refractivity contribution >= 4 is 74.6 Å². The van der Waals surface area contributed by atoms with E-state index in [1.165, 1.54) is 108 Å². The van der Waals surface area contributed by atoms with E-state index in [2.05, 4.69) is 194 Å². The van der Waals surface area contributed by atoms with E-state index < -0.39 is 0 Å². The van der Waals surface area contributed by atoms with Gasteiger partial charge in [0.05, 0.1) is 0 Å². The van der Waals surface area contributed by atoms with Crippen molar-refractivity contribution in [1.82, 2.24) is 0 Å². The Balaban J connectivity index is 1.08. The fraction of sp³-hybridized carbons (Fsp3) is 0. The third kappa shape index (κ3) is 4.89. The number of hydrogen-bond acceptors (Lipinski definition) is 1. The number of fused-ring (bicyclic) bond motifs is 8. The first-order valence-electron chi connectivity index (χ1n) is 18.2. The molecule has 0 atom stereocenters. The van der Waals surface area contributed by atoms with Gasteiger partial charge in [0.2, 0.25) is 0 Å². The summed E-state index contributed by atoms with van der Waals surface area (Å²) in [5.74, 6) is 0. The Morgan fingerprint density at radius 1 is 0.245 bits per heavy atom. The summed E-state index contributed by atoms with van der Waals surface area (Å²) in [6.07, 6.45) is 0. The average Bonchev–Trinajstić information content (AvgIpc) is 3.61. The highest BCUT2D eigenvalue weighted by Crippen LogP contribution is 2.45. The zero-order chi connectivity index (χ0) is 34.9. The smallest absolute Gasteiger partial charge is 0.0433 e. The Kier molecular flexibility index (Phi) is 6.83. The minimum absolute atomic E-state index is 1.22. The van der Waals surface area contributed by atoms with Crippen molar-refractivity contribution in [3.05, 3.63) is 194 Å². The van der Waals surface area contributed by atoms with Gasteiger partial charge in [-0.1, -0.05) is 164 Å². The molecule has 1 heterocycles. The SMILES string of the molecule is c1cc(-c2ccc3ccccc3c2)cc(-c2c3ccccc3c(-c3cccc(-c4ccc5sc6c7ccccc7ccc6c5c4)c3)c3ccccc23)c1. The summed E-state index contributed by atoms with van der Waals surface area (Å²) in [5.41, 5.74) is 9.94. The molecule has 246 valence electrons. The monoisotopic (exact) mass is 688 g/mol. The number of benzene rings is 10. The van der Waals surface area contributed by atoms with Crippen LogP contribution in [0.4, 0.5) is 0 Å². The fourth-order valence-corrected chi connectivity index (χ4v) is 9.73. The van der Waals surface area contributed by atoms with Crippen LogP contribution in [0.1, 0.15) is 0 Å². The van der Waals surface area contributed by atoms with Crippen LogP contribution in [0.2, 0.25) is 0 Å². The predicted molar refractivity (Wildman–Crippen MR) is 231 cm³/mol. The number of thiophene rings is 1. The predicted octanol–water partition coefficient (Wildman–Crippen LogP) is 15.3. The second kappa shape index (κ2) is 12.0. The summed E-state index contributed by atoms with van der Waals surface area (Å²) in [7, 11) is 0. The zero-order valence-corrected chi connectivity index (χ0v) is 29.7. The standard InChI is InChI=1S/C52H32S/c1-2-13-35-29-38(24-23-33(35)11-1)36-14-9-16-40(30-36)50-43-19-5-7-21-45(43)51(46-22-8-6-20-44(46)50)41-17-10-15-37(31-41)39-26-28-49-48(32-39)47-27-25-34-12-3-4-18-42(34)52(47)53-49/h1-32H. The van der Waals surface area contributed by atoms with Crippen LogP contribution in [0.15, 0.2) is 194 Å². The normalized spacial score (nSPS) is 11.8. The molecule has 1 heteroatoms. The van der Waals surface area contributed by atoms with Gasteiger partial charge >= 0.3 is 0 Å². The van der Waals surface area contributed by atoms with E-state index in [1.54, 1.807) is 0 Å². The summed E-state index contributed by atoms with van der Waals surface area (Å²) in [4.78, 5) is 0. The Morgan fingerprint density at radius 2 is 0.717 bits per heavy atom. The first-order chi connectivity index (χ1) is 26.3. The average molecular weight is 689 g/mol. The molecule has 0 nitrogen and oxygen atoms in total. The second-order valence-electron chi connectivity index (χ2n) is 14.0. The lowest BCUT2D eigenvalue weighted by Crippen LogP contribution is -1.91. The second-order valence-corrected chi connectivity index (χ2v) is 15.1. The molecule has 10 aromatic carbocycles. The summed E-state index contributed by atoms with van der Waals surface area (Å²) in [6, 6.07) is 71.8. The fourth-order valence-electron chi connectivity index (χ4n) is 8.51. The van der Waals surface area contributed by atoms with Crippen LogP contribution in [0.25, 0.3) is 108 Å². The van der Waals surface area contributed by atoms with Gasteiger partial charge < -0.3 is 0 Å². The van der Waals surface area contributed by atoms with E-state index in [1.807, 2.05) is 11.3 Å². The number of rotatable bonds is 4. The molecule has 0 aliphatic heterocycles. The maximum absolute atomic E-state index is 2.39. The van der Waals surface area contributed by atoms with Gasteiger partial charge in [0, 0.05) is 20.2 Å². The van der Waals surface area contributed by atoms with Crippen molar-refractivity contribution in [2.45, 2.75) is 0 Å². The van der Waals surface area contributed by atoms with Gasteiger partial charge in [-0.05, 0) is 118 Å². The lowest BCUT2D eigenvalue weighted by molar-refractivity contribution is 1.62. The molecule has 53 heavy (non-hydrogen) atoms. The Morgan fingerprint density at radius 3 is 1.36 bits per heavy atom. The maximum Gasteiger partial charge on any atom is 0.0433 e. The van der Waals surface area contributed by atoms with E-state index in [0.717, 1.165) is 0 Å². The molecule has 0 N–H and O–H groups in total. The first kappa shape index (κ1) is 30.1. The third-order valence-electron chi connectivity index (χ3n) is 11.0. The van der Waals surface area contributed by atoms with Gasteiger partial charge in [-0.25, -0.2) is 0 Å². The maximum atomic E-state index is 2.39. The topological polar surface area (TPSA) is 0 Å². The summed E-state index contributed by atoms with van der Waals surface area (Å²) >= 11 is 1.90. The van der Waals surface area contributed by atoms with Crippen molar-refractivity contribution in [2.24, 2.45) is 0 Å². The van der Waals surface area contributed by atoms with Crippen LogP contribution >= 0.6 is 11.3 Å². The third-order valence-corrected chi connectivity index (χ3v) is 12.2. The largest absolute Gasteiger partial charge is 0.135 e. The van der Waals surface area contributed by atoms with Crippen LogP contribution < -0.4 is 0 Å². The molecular weight excluding hydrogens is 657 g/mol. The summed E-state index contributed by atoms with van der Waals surface area (Å²) in [6.45, 7) is 0. The molecule has 0 fully saturated rings. The molecule has 0 bridgehead atoms. The van der Waals surface area contributed by atoms with Gasteiger partial charge in [0.1, 0.15) is 0 Å². The van der Waals surface area contributed by atoms with E-state index in [0.29, 0.717) is 0 Å². The van der Waals surface area contributed by atoms with E-state index >= 15 is 0 Å². The first-order valence-corrected chi connectivity index (χ1v) is 19.1. The van der Waals surface area contributed by atoms with Gasteiger partial charge in [-0.3, -0.25) is 0 Å². The molecule has 11 aromatic rings. The van der Waals surface area contributed by atoms with Gasteiger partial charge in [0.25, 0.3) is 0 Å². The highest BCUT2D eigenvalue weighted by atomic mass is 32.1. The van der Waals surface area contributed by atoms with E-state index in [4.69, 9.17) is 0 Å². The number of hydrogen-bond donors (Lipinski definition) is 0. The van der Waals surface area contributed by atoms with Crippen LogP contribution in [0.5, 0.6) is 0 Å². The molecule has 0 unspecified atom stereocenters. The lowest BCUT2D eigenvalue weighted by Gasteiger charge is -2.18. The van der Waals surface area contributed by atoms with Crippen molar-refractivity contribution in [3.8, 4) is 44.5 Å². The Bertz CT molecular complexity index is 3180. The molecule has 0 radical (unpaired) electrons. The zero-order valence-electron chi connectivity index (χ0n) is 28.9. The highest BCUT2D eigenvalue weighted by Gasteiger charge is 2.18. The Hall–Kier alpha value is -6.54. The van der Waals surface area contributed by atoms with Gasteiger partial charge in [0.15, 0.2) is 0 Å². The summed E-state index contributed by atoms with van der Waals surface area (Å²) in [5, 5.41) is 12.9. The minimum atomic E-state index is 1.22. The molecule has 1 aromatic heterocycles. The van der Waals surface area contributed by atoms with Crippen molar-refractivity contribution in [3.63, 3.8) is 0 Å². The van der Waals surface area contributed by atoms with Gasteiger partial charge in [-0.15, -0.1) is 11.3 Å². The van der Waals surface area contributed by atoms with Crippen molar-refractivity contribution in [1.29, 1.82) is 0 Å². The minimum Gasteiger partial charge on any atom is -0.135 e. The van der Waals surface area contributed by atoms with Crippen molar-refractivity contribution in [2.75, 3.05) is 0 Å². The quantitative estimate of drug-likeness (QED) is 0.162. The van der Waals surface area contributed by atoms with E-state index in [-0.39, 0.29) is 0 Å². The molecule has 0 amide bonds. The van der Waals surface area contributed by atoms with Crippen LogP contribution in [0, 0.1) is 0 Å². The Labute approximate surface area is 311 Å². The van der Waals surface area contributed by atoms with Crippen LogP contribution in [-0.4, -0.2) is 0 Å². The highest BCUT2D eigenvalue weighted by molar-refractivity contribution is 7.26. The molecule has 0 aliphatic rings. The lowest BCUT2D eigenvalue weighted by atomic mass is 9.85. The molecule has 0 saturated carbocycles. The van der Waals surface area contributed by atoms with Crippen LogP contribution in [0.3, 0.4) is 0 Å². The van der Waals surface area contributed by atoms with Gasteiger partial charge in [-0.2, -0.15) is 0 Å². The van der Waals surface area contributed by atoms with E-state index in [9.17, 15) is 0 Å². The molecule has 0 saturated heterocycles. The molecule has 11 rings (SSSR count). The molecular formula is C52H32S. The molecule has 0 aliphatic carbocycles. The van der Waals surface area contributed by atoms with Crippen LogP contribution in [-0.2, 0) is 0 Å². The van der Waals surface area contributed by atoms with Crippen molar-refractivity contribution < 1.29 is 0 Å². The molecule has 0 spiro atoms. The summed E-state index contributed by atoms with van der Waals surface area (Å²) < 4.78 is 2.69.